The highest BCUT2D eigenvalue weighted by Crippen LogP contribution is 2.28. The van der Waals surface area contributed by atoms with Crippen LogP contribution in [-0.2, 0) is 6.42 Å². The Morgan fingerprint density at radius 3 is 3.05 bits per heavy atom. The summed E-state index contributed by atoms with van der Waals surface area (Å²) in [5.41, 5.74) is 0.717. The van der Waals surface area contributed by atoms with Crippen LogP contribution in [0.3, 0.4) is 0 Å². The van der Waals surface area contributed by atoms with Crippen molar-refractivity contribution in [2.24, 2.45) is 0 Å². The molecule has 0 radical (unpaired) electrons. The number of rotatable bonds is 3. The van der Waals surface area contributed by atoms with Gasteiger partial charge in [0.05, 0.1) is 19.3 Å². The van der Waals surface area contributed by atoms with Gasteiger partial charge in [0.15, 0.2) is 0 Å². The molecule has 0 aromatic carbocycles. The fourth-order valence-corrected chi connectivity index (χ4v) is 3.72. The summed E-state index contributed by atoms with van der Waals surface area (Å²) >= 11 is 1.48. The highest BCUT2D eigenvalue weighted by atomic mass is 32.1. The second kappa shape index (κ2) is 5.39. The molecule has 1 amide bonds. The Bertz CT molecular complexity index is 676. The van der Waals surface area contributed by atoms with Crippen LogP contribution < -0.4 is 4.74 Å². The molecule has 6 nitrogen and oxygen atoms in total. The lowest BCUT2D eigenvalue weighted by Gasteiger charge is -2.38. The van der Waals surface area contributed by atoms with Gasteiger partial charge in [-0.15, -0.1) is 0 Å². The van der Waals surface area contributed by atoms with Crippen LogP contribution >= 0.6 is 11.3 Å². The van der Waals surface area contributed by atoms with Crippen LogP contribution in [0, 0.1) is 0 Å². The molecule has 1 unspecified atom stereocenters. The Morgan fingerprint density at radius 2 is 2.27 bits per heavy atom. The van der Waals surface area contributed by atoms with Gasteiger partial charge in [-0.1, -0.05) is 11.3 Å². The molecule has 0 spiro atoms. The van der Waals surface area contributed by atoms with Gasteiger partial charge in [-0.3, -0.25) is 4.79 Å². The summed E-state index contributed by atoms with van der Waals surface area (Å²) in [7, 11) is 0. The normalized spacial score (nSPS) is 21.3. The summed E-state index contributed by atoms with van der Waals surface area (Å²) in [6, 6.07) is 0.355. The fourth-order valence-electron chi connectivity index (χ4n) is 3.17. The number of likely N-dealkylation sites (tertiary alicyclic amines) is 1. The number of amides is 1. The lowest BCUT2D eigenvalue weighted by molar-refractivity contribution is 0.0167. The van der Waals surface area contributed by atoms with Gasteiger partial charge in [0.25, 0.3) is 11.1 Å². The number of nitrogens with zero attached hydrogens (tertiary/aromatic N) is 4. The van der Waals surface area contributed by atoms with Crippen LogP contribution in [0.15, 0.2) is 17.8 Å². The predicted molar refractivity (Wildman–Crippen MR) is 82.3 cm³/mol. The van der Waals surface area contributed by atoms with Gasteiger partial charge >= 0.3 is 0 Å². The maximum atomic E-state index is 12.7. The average Bonchev–Trinajstić information content (AvgIpc) is 3.11. The van der Waals surface area contributed by atoms with Gasteiger partial charge in [-0.2, -0.15) is 0 Å². The van der Waals surface area contributed by atoms with Crippen LogP contribution in [0.2, 0.25) is 0 Å². The molecule has 1 atom stereocenters. The molecular formula is C15H18N4O2S. The number of ether oxygens (including phenoxy) is 1. The van der Waals surface area contributed by atoms with E-state index in [0.29, 0.717) is 24.3 Å². The zero-order valence-corrected chi connectivity index (χ0v) is 13.3. The summed E-state index contributed by atoms with van der Waals surface area (Å²) in [5.74, 6) is 1.10. The van der Waals surface area contributed by atoms with Gasteiger partial charge in [0.1, 0.15) is 17.6 Å². The van der Waals surface area contributed by atoms with Gasteiger partial charge in [-0.25, -0.2) is 9.97 Å². The van der Waals surface area contributed by atoms with E-state index in [4.69, 9.17) is 4.74 Å². The van der Waals surface area contributed by atoms with E-state index in [1.807, 2.05) is 10.3 Å². The van der Waals surface area contributed by atoms with E-state index in [2.05, 4.69) is 21.5 Å². The Labute approximate surface area is 132 Å². The molecule has 22 heavy (non-hydrogen) atoms. The Hall–Kier alpha value is -1.89. The number of aromatic nitrogens is 3. The zero-order chi connectivity index (χ0) is 15.1. The second-order valence-corrected chi connectivity index (χ2v) is 6.78. The number of fused-ring (bicyclic) bond motifs is 1. The topological polar surface area (TPSA) is 60.3 Å². The van der Waals surface area contributed by atoms with Crippen LogP contribution in [0.5, 0.6) is 5.19 Å². The number of hydrogen-bond donors (Lipinski definition) is 0. The van der Waals surface area contributed by atoms with Gasteiger partial charge in [-0.05, 0) is 19.8 Å². The van der Waals surface area contributed by atoms with Crippen molar-refractivity contribution in [3.8, 4) is 5.19 Å². The largest absolute Gasteiger partial charge is 0.463 e. The highest BCUT2D eigenvalue weighted by Gasteiger charge is 2.35. The first-order valence-corrected chi connectivity index (χ1v) is 8.52. The number of hydrogen-bond acceptors (Lipinski definition) is 5. The van der Waals surface area contributed by atoms with Crippen LogP contribution in [0.25, 0.3) is 0 Å². The lowest BCUT2D eigenvalue weighted by atomic mass is 10.1. The first kappa shape index (κ1) is 13.8. The first-order chi connectivity index (χ1) is 10.7. The molecule has 116 valence electrons. The smallest absolute Gasteiger partial charge is 0.273 e. The van der Waals surface area contributed by atoms with E-state index in [0.717, 1.165) is 30.8 Å². The van der Waals surface area contributed by atoms with Crippen molar-refractivity contribution in [1.82, 2.24) is 19.4 Å². The van der Waals surface area contributed by atoms with Crippen molar-refractivity contribution < 1.29 is 9.53 Å². The van der Waals surface area contributed by atoms with E-state index in [-0.39, 0.29) is 12.0 Å². The number of carbonyl (C=O) groups excluding carboxylic acids is 1. The summed E-state index contributed by atoms with van der Waals surface area (Å²) < 4.78 is 7.82. The molecule has 2 aliphatic heterocycles. The zero-order valence-electron chi connectivity index (χ0n) is 12.4. The van der Waals surface area contributed by atoms with E-state index in [9.17, 15) is 4.79 Å². The molecule has 0 N–H and O–H groups in total. The molecule has 4 rings (SSSR count). The molecule has 2 aliphatic rings. The predicted octanol–water partition coefficient (Wildman–Crippen LogP) is 2.14. The quantitative estimate of drug-likeness (QED) is 0.870. The highest BCUT2D eigenvalue weighted by molar-refractivity contribution is 7.11. The number of carbonyl (C=O) groups is 1. The summed E-state index contributed by atoms with van der Waals surface area (Å²) in [6.45, 7) is 3.40. The molecule has 0 saturated carbocycles. The monoisotopic (exact) mass is 318 g/mol. The van der Waals surface area contributed by atoms with Crippen LogP contribution in [0.1, 0.15) is 42.1 Å². The van der Waals surface area contributed by atoms with Gasteiger partial charge < -0.3 is 14.2 Å². The minimum absolute atomic E-state index is 0.0521. The molecule has 2 aromatic rings. The van der Waals surface area contributed by atoms with Crippen molar-refractivity contribution in [2.75, 3.05) is 13.1 Å². The Balaban J connectivity index is 1.43. The molecule has 0 aliphatic carbocycles. The van der Waals surface area contributed by atoms with Crippen molar-refractivity contribution in [1.29, 1.82) is 0 Å². The van der Waals surface area contributed by atoms with E-state index < -0.39 is 0 Å². The van der Waals surface area contributed by atoms with E-state index >= 15 is 0 Å². The molecular weight excluding hydrogens is 300 g/mol. The summed E-state index contributed by atoms with van der Waals surface area (Å²) in [4.78, 5) is 23.0. The van der Waals surface area contributed by atoms with Crippen molar-refractivity contribution in [3.63, 3.8) is 0 Å². The second-order valence-electron chi connectivity index (χ2n) is 5.92. The number of imidazole rings is 1. The van der Waals surface area contributed by atoms with E-state index in [1.165, 1.54) is 11.3 Å². The third kappa shape index (κ3) is 2.29. The minimum Gasteiger partial charge on any atom is -0.463 e. The third-order valence-corrected chi connectivity index (χ3v) is 5.03. The van der Waals surface area contributed by atoms with Crippen LogP contribution in [-0.4, -0.2) is 44.5 Å². The summed E-state index contributed by atoms with van der Waals surface area (Å²) in [5, 5.41) is 2.56. The van der Waals surface area contributed by atoms with Gasteiger partial charge in [0, 0.05) is 24.0 Å². The first-order valence-electron chi connectivity index (χ1n) is 7.64. The average molecular weight is 318 g/mol. The SMILES string of the molecule is CC1CCCc2ncc(C(=O)N3CC(Oc4nccs4)C3)n21. The molecule has 1 fully saturated rings. The number of aryl methyl sites for hydroxylation is 1. The minimum atomic E-state index is 0.0521. The molecule has 7 heteroatoms. The fraction of sp³-hybridized carbons (Fsp3) is 0.533. The standard InChI is InChI=1S/C15H18N4O2S/c1-10-3-2-4-13-17-7-12(19(10)13)14(20)18-8-11(9-18)21-15-16-5-6-22-15/h5-7,10-11H,2-4,8-9H2,1H3. The number of thiazole rings is 1. The Morgan fingerprint density at radius 1 is 1.41 bits per heavy atom. The molecule has 0 bridgehead atoms. The van der Waals surface area contributed by atoms with Gasteiger partial charge in [0.2, 0.25) is 0 Å². The van der Waals surface area contributed by atoms with Crippen molar-refractivity contribution >= 4 is 17.2 Å². The maximum absolute atomic E-state index is 12.7. The van der Waals surface area contributed by atoms with Crippen molar-refractivity contribution in [3.05, 3.63) is 29.3 Å². The third-order valence-electron chi connectivity index (χ3n) is 4.37. The molecule has 2 aromatic heterocycles. The maximum Gasteiger partial charge on any atom is 0.273 e. The van der Waals surface area contributed by atoms with Crippen molar-refractivity contribution in [2.45, 2.75) is 38.3 Å². The van der Waals surface area contributed by atoms with E-state index in [1.54, 1.807) is 12.4 Å². The molecule has 1 saturated heterocycles. The molecule has 4 heterocycles. The Kier molecular flexibility index (Phi) is 3.37. The van der Waals surface area contributed by atoms with Crippen LogP contribution in [0.4, 0.5) is 0 Å². The summed E-state index contributed by atoms with van der Waals surface area (Å²) in [6.07, 6.45) is 6.73. The lowest BCUT2D eigenvalue weighted by Crippen LogP contribution is -2.56.